The van der Waals surface area contributed by atoms with Gasteiger partial charge >= 0.3 is 0 Å². The highest BCUT2D eigenvalue weighted by atomic mass is 16.5. The van der Waals surface area contributed by atoms with Gasteiger partial charge < -0.3 is 10.1 Å². The Morgan fingerprint density at radius 2 is 2.36 bits per heavy atom. The summed E-state index contributed by atoms with van der Waals surface area (Å²) in [4.78, 5) is 11.5. The van der Waals surface area contributed by atoms with Gasteiger partial charge in [-0.05, 0) is 6.42 Å². The fraction of sp³-hybridized carbons (Fsp3) is 0.571. The van der Waals surface area contributed by atoms with Crippen molar-refractivity contribution in [3.8, 4) is 0 Å². The maximum atomic E-state index is 10.9. The summed E-state index contributed by atoms with van der Waals surface area (Å²) in [5.41, 5.74) is -0.214. The van der Waals surface area contributed by atoms with E-state index in [-0.39, 0.29) is 5.56 Å². The molecule has 0 amide bonds. The third-order valence-corrected chi connectivity index (χ3v) is 1.56. The fourth-order valence-electron chi connectivity index (χ4n) is 0.908. The Labute approximate surface area is 64.6 Å². The van der Waals surface area contributed by atoms with E-state index in [9.17, 15) is 10.0 Å². The average molecular weight is 155 g/mol. The standard InChI is InChI=1S/C7H11N2O2/c1-2-3-5-8-7(10)4-6-9(8)11/h4,6H,2-3,5H2,1H3/q-1. The summed E-state index contributed by atoms with van der Waals surface area (Å²) in [5.74, 6) is 0. The summed E-state index contributed by atoms with van der Waals surface area (Å²) >= 11 is 0. The third-order valence-electron chi connectivity index (χ3n) is 1.56. The largest absolute Gasteiger partial charge is 0.792 e. The highest BCUT2D eigenvalue weighted by Crippen LogP contribution is 1.91. The van der Waals surface area contributed by atoms with Crippen molar-refractivity contribution in [2.24, 2.45) is 0 Å². The number of hydrogen-bond acceptors (Lipinski definition) is 2. The van der Waals surface area contributed by atoms with Gasteiger partial charge in [0, 0.05) is 18.8 Å². The van der Waals surface area contributed by atoms with Crippen LogP contribution in [0, 0.1) is 5.21 Å². The van der Waals surface area contributed by atoms with Crippen molar-refractivity contribution >= 4 is 0 Å². The Morgan fingerprint density at radius 3 is 2.82 bits per heavy atom. The molecule has 4 nitrogen and oxygen atoms in total. The fourth-order valence-corrected chi connectivity index (χ4v) is 0.908. The average Bonchev–Trinajstić information content (AvgIpc) is 2.29. The van der Waals surface area contributed by atoms with E-state index >= 15 is 0 Å². The minimum absolute atomic E-state index is 0.214. The lowest BCUT2D eigenvalue weighted by molar-refractivity contribution is 0.509. The molecule has 4 heteroatoms. The lowest BCUT2D eigenvalue weighted by atomic mass is 10.3. The van der Waals surface area contributed by atoms with E-state index in [1.54, 1.807) is 0 Å². The molecule has 0 saturated heterocycles. The second-order valence-electron chi connectivity index (χ2n) is 2.43. The molecule has 0 aliphatic rings. The topological polar surface area (TPSA) is 50.0 Å². The molecule has 11 heavy (non-hydrogen) atoms. The van der Waals surface area contributed by atoms with E-state index < -0.39 is 0 Å². The maximum absolute atomic E-state index is 10.9. The van der Waals surface area contributed by atoms with Crippen LogP contribution in [0.15, 0.2) is 17.1 Å². The van der Waals surface area contributed by atoms with Crippen molar-refractivity contribution in [3.05, 3.63) is 27.8 Å². The van der Waals surface area contributed by atoms with Gasteiger partial charge in [0.15, 0.2) is 0 Å². The molecule has 0 aliphatic heterocycles. The summed E-state index contributed by atoms with van der Waals surface area (Å²) < 4.78 is 1.18. The summed E-state index contributed by atoms with van der Waals surface area (Å²) in [5, 5.41) is 10.8. The Hall–Kier alpha value is -1.19. The van der Waals surface area contributed by atoms with E-state index in [1.165, 1.54) is 16.9 Å². The van der Waals surface area contributed by atoms with Crippen molar-refractivity contribution in [3.63, 3.8) is 0 Å². The first-order chi connectivity index (χ1) is 5.25. The monoisotopic (exact) mass is 155 g/mol. The molecule has 1 aromatic heterocycles. The molecule has 0 saturated carbocycles. The first-order valence-electron chi connectivity index (χ1n) is 3.71. The predicted molar refractivity (Wildman–Crippen MR) is 42.4 cm³/mol. The molecule has 0 atom stereocenters. The second kappa shape index (κ2) is 3.27. The summed E-state index contributed by atoms with van der Waals surface area (Å²) in [7, 11) is 0. The summed E-state index contributed by atoms with van der Waals surface area (Å²) in [6, 6.07) is 1.28. The number of hydrogen-bond donors (Lipinski definition) is 0. The first kappa shape index (κ1) is 7.91. The molecular formula is C7H11N2O2-. The molecule has 0 radical (unpaired) electrons. The van der Waals surface area contributed by atoms with Crippen LogP contribution in [0.3, 0.4) is 0 Å². The molecule has 1 rings (SSSR count). The Balaban J connectivity index is 2.75. The van der Waals surface area contributed by atoms with Crippen LogP contribution in [0.2, 0.25) is 0 Å². The van der Waals surface area contributed by atoms with Gasteiger partial charge in [-0.15, -0.1) is 0 Å². The maximum Gasteiger partial charge on any atom is 0.266 e. The van der Waals surface area contributed by atoms with Crippen molar-refractivity contribution < 1.29 is 0 Å². The van der Waals surface area contributed by atoms with Crippen LogP contribution in [-0.4, -0.2) is 9.53 Å². The molecule has 62 valence electrons. The number of rotatable bonds is 3. The van der Waals surface area contributed by atoms with Crippen molar-refractivity contribution in [1.82, 2.24) is 9.53 Å². The second-order valence-corrected chi connectivity index (χ2v) is 2.43. The van der Waals surface area contributed by atoms with Crippen LogP contribution >= 0.6 is 0 Å². The normalized spacial score (nSPS) is 10.3. The zero-order valence-corrected chi connectivity index (χ0v) is 6.49. The minimum Gasteiger partial charge on any atom is -0.792 e. The smallest absolute Gasteiger partial charge is 0.266 e. The predicted octanol–water partition coefficient (Wildman–Crippen LogP) is 0.796. The van der Waals surface area contributed by atoms with Crippen LogP contribution in [0.25, 0.3) is 0 Å². The highest BCUT2D eigenvalue weighted by molar-refractivity contribution is 4.84. The van der Waals surface area contributed by atoms with Gasteiger partial charge in [-0.3, -0.25) is 9.48 Å². The third kappa shape index (κ3) is 1.63. The zero-order chi connectivity index (χ0) is 8.27. The molecule has 0 aromatic carbocycles. The van der Waals surface area contributed by atoms with E-state index in [0.29, 0.717) is 11.4 Å². The van der Waals surface area contributed by atoms with Gasteiger partial charge in [-0.1, -0.05) is 13.3 Å². The van der Waals surface area contributed by atoms with Crippen LogP contribution in [-0.2, 0) is 6.54 Å². The minimum atomic E-state index is -0.214. The SMILES string of the molecule is CCCCn1c(=O)ccn1[O-]. The molecule has 0 spiro atoms. The van der Waals surface area contributed by atoms with E-state index in [1.807, 2.05) is 6.92 Å². The van der Waals surface area contributed by atoms with Crippen LogP contribution < -0.4 is 5.56 Å². The van der Waals surface area contributed by atoms with Gasteiger partial charge in [-0.2, -0.15) is 0 Å². The van der Waals surface area contributed by atoms with E-state index in [4.69, 9.17) is 0 Å². The highest BCUT2D eigenvalue weighted by Gasteiger charge is 1.94. The van der Waals surface area contributed by atoms with Gasteiger partial charge in [0.25, 0.3) is 5.56 Å². The lowest BCUT2D eigenvalue weighted by Crippen LogP contribution is -2.20. The summed E-state index contributed by atoms with van der Waals surface area (Å²) in [6.07, 6.45) is 3.09. The van der Waals surface area contributed by atoms with Crippen LogP contribution in [0.5, 0.6) is 0 Å². The number of unbranched alkanes of at least 4 members (excludes halogenated alkanes) is 1. The zero-order valence-electron chi connectivity index (χ0n) is 6.49. The molecule has 1 aromatic rings. The summed E-state index contributed by atoms with van der Waals surface area (Å²) in [6.45, 7) is 2.54. The van der Waals surface area contributed by atoms with Crippen molar-refractivity contribution in [2.45, 2.75) is 26.3 Å². The van der Waals surface area contributed by atoms with E-state index in [0.717, 1.165) is 12.8 Å². The molecule has 0 fully saturated rings. The molecule has 0 aliphatic carbocycles. The first-order valence-corrected chi connectivity index (χ1v) is 3.71. The molecule has 0 bridgehead atoms. The number of aromatic nitrogens is 2. The molecule has 0 unspecified atom stereocenters. The Kier molecular flexibility index (Phi) is 2.36. The van der Waals surface area contributed by atoms with Crippen molar-refractivity contribution in [1.29, 1.82) is 0 Å². The number of nitrogens with zero attached hydrogens (tertiary/aromatic N) is 2. The Morgan fingerprint density at radius 1 is 1.64 bits per heavy atom. The molecule has 0 N–H and O–H groups in total. The van der Waals surface area contributed by atoms with Gasteiger partial charge in [0.2, 0.25) is 0 Å². The van der Waals surface area contributed by atoms with Crippen LogP contribution in [0.4, 0.5) is 0 Å². The quantitative estimate of drug-likeness (QED) is 0.648. The molecule has 1 heterocycles. The van der Waals surface area contributed by atoms with Crippen molar-refractivity contribution in [2.75, 3.05) is 0 Å². The van der Waals surface area contributed by atoms with Gasteiger partial charge in [-0.25, -0.2) is 0 Å². The lowest BCUT2D eigenvalue weighted by Gasteiger charge is -2.13. The van der Waals surface area contributed by atoms with Crippen LogP contribution in [0.1, 0.15) is 19.8 Å². The van der Waals surface area contributed by atoms with Gasteiger partial charge in [0.05, 0.1) is 0 Å². The van der Waals surface area contributed by atoms with E-state index in [2.05, 4.69) is 0 Å². The van der Waals surface area contributed by atoms with Gasteiger partial charge in [0.1, 0.15) is 0 Å². The molecular weight excluding hydrogens is 144 g/mol. The Bertz CT molecular complexity index is 274.